The van der Waals surface area contributed by atoms with E-state index in [1.54, 1.807) is 12.0 Å². The van der Waals surface area contributed by atoms with Crippen molar-refractivity contribution in [2.45, 2.75) is 25.8 Å². The van der Waals surface area contributed by atoms with Crippen molar-refractivity contribution >= 4 is 22.9 Å². The van der Waals surface area contributed by atoms with Crippen LogP contribution in [-0.2, 0) is 4.79 Å². The van der Waals surface area contributed by atoms with Crippen LogP contribution < -0.4 is 10.1 Å². The standard InChI is InChI=1S/C16H22N2O3S/c1-3-13(12-6-4-5-7-14(12)21-2)17-15(19)8-9-18-10-11-22-16(18)20/h4-7,13H,3,8-11H2,1-2H3,(H,17,19). The molecular formula is C16H22N2O3S. The third kappa shape index (κ3) is 4.16. The number of para-hydroxylation sites is 1. The van der Waals surface area contributed by atoms with Gasteiger partial charge in [-0.3, -0.25) is 9.59 Å². The lowest BCUT2D eigenvalue weighted by Crippen LogP contribution is -2.33. The molecule has 2 amide bonds. The average Bonchev–Trinajstić information content (AvgIpc) is 2.95. The molecular weight excluding hydrogens is 300 g/mol. The van der Waals surface area contributed by atoms with E-state index in [-0.39, 0.29) is 17.2 Å². The molecule has 5 nitrogen and oxygen atoms in total. The van der Waals surface area contributed by atoms with Crippen LogP contribution in [0.4, 0.5) is 4.79 Å². The van der Waals surface area contributed by atoms with Gasteiger partial charge >= 0.3 is 0 Å². The molecule has 0 saturated carbocycles. The molecule has 1 saturated heterocycles. The molecule has 1 aromatic rings. The van der Waals surface area contributed by atoms with E-state index < -0.39 is 0 Å². The number of nitrogens with one attached hydrogen (secondary N) is 1. The van der Waals surface area contributed by atoms with E-state index in [1.807, 2.05) is 31.2 Å². The minimum absolute atomic E-state index is 0.0394. The van der Waals surface area contributed by atoms with Crippen molar-refractivity contribution in [2.24, 2.45) is 0 Å². The van der Waals surface area contributed by atoms with Crippen molar-refractivity contribution in [2.75, 3.05) is 26.0 Å². The maximum absolute atomic E-state index is 12.2. The highest BCUT2D eigenvalue weighted by Gasteiger charge is 2.22. The molecule has 1 aromatic carbocycles. The molecule has 1 atom stereocenters. The molecule has 22 heavy (non-hydrogen) atoms. The fourth-order valence-electron chi connectivity index (χ4n) is 2.49. The molecule has 0 aromatic heterocycles. The van der Waals surface area contributed by atoms with Gasteiger partial charge in [-0.1, -0.05) is 36.9 Å². The van der Waals surface area contributed by atoms with Crippen LogP contribution >= 0.6 is 11.8 Å². The summed E-state index contributed by atoms with van der Waals surface area (Å²) in [7, 11) is 1.63. The number of methoxy groups -OCH3 is 1. The van der Waals surface area contributed by atoms with Gasteiger partial charge in [0.2, 0.25) is 5.91 Å². The van der Waals surface area contributed by atoms with Crippen molar-refractivity contribution in [3.05, 3.63) is 29.8 Å². The lowest BCUT2D eigenvalue weighted by atomic mass is 10.0. The first-order valence-corrected chi connectivity index (χ1v) is 8.48. The summed E-state index contributed by atoms with van der Waals surface area (Å²) in [6.07, 6.45) is 1.11. The van der Waals surface area contributed by atoms with Gasteiger partial charge in [-0.15, -0.1) is 0 Å². The Bertz CT molecular complexity index is 536. The Morgan fingerprint density at radius 3 is 2.86 bits per heavy atom. The number of hydrogen-bond acceptors (Lipinski definition) is 4. The maximum Gasteiger partial charge on any atom is 0.281 e. The summed E-state index contributed by atoms with van der Waals surface area (Å²) in [4.78, 5) is 25.4. The van der Waals surface area contributed by atoms with Crippen molar-refractivity contribution in [1.82, 2.24) is 10.2 Å². The number of carbonyl (C=O) groups excluding carboxylic acids is 2. The largest absolute Gasteiger partial charge is 0.496 e. The molecule has 120 valence electrons. The number of benzene rings is 1. The quantitative estimate of drug-likeness (QED) is 0.838. The Balaban J connectivity index is 1.92. The van der Waals surface area contributed by atoms with E-state index >= 15 is 0 Å². The van der Waals surface area contributed by atoms with Gasteiger partial charge in [0.25, 0.3) is 5.24 Å². The van der Waals surface area contributed by atoms with Gasteiger partial charge < -0.3 is 15.0 Å². The first-order chi connectivity index (χ1) is 10.7. The van der Waals surface area contributed by atoms with Crippen molar-refractivity contribution in [1.29, 1.82) is 0 Å². The van der Waals surface area contributed by atoms with Crippen LogP contribution in [0.5, 0.6) is 5.75 Å². The smallest absolute Gasteiger partial charge is 0.281 e. The van der Waals surface area contributed by atoms with Crippen LogP contribution in [0.2, 0.25) is 0 Å². The number of carbonyl (C=O) groups is 2. The molecule has 1 aliphatic heterocycles. The summed E-state index contributed by atoms with van der Waals surface area (Å²) < 4.78 is 5.36. The van der Waals surface area contributed by atoms with Crippen LogP contribution in [0.1, 0.15) is 31.4 Å². The van der Waals surface area contributed by atoms with Gasteiger partial charge in [-0.25, -0.2) is 0 Å². The van der Waals surface area contributed by atoms with Crippen molar-refractivity contribution in [3.63, 3.8) is 0 Å². The lowest BCUT2D eigenvalue weighted by molar-refractivity contribution is -0.122. The number of hydrogen-bond donors (Lipinski definition) is 1. The second-order valence-electron chi connectivity index (χ2n) is 5.12. The van der Waals surface area contributed by atoms with Crippen LogP contribution in [-0.4, -0.2) is 42.0 Å². The zero-order chi connectivity index (χ0) is 15.9. The highest BCUT2D eigenvalue weighted by molar-refractivity contribution is 8.13. The summed E-state index contributed by atoms with van der Waals surface area (Å²) >= 11 is 1.32. The van der Waals surface area contributed by atoms with E-state index in [9.17, 15) is 9.59 Å². The summed E-state index contributed by atoms with van der Waals surface area (Å²) in [5.74, 6) is 1.56. The Morgan fingerprint density at radius 2 is 2.23 bits per heavy atom. The molecule has 2 rings (SSSR count). The molecule has 1 unspecified atom stereocenters. The molecule has 1 fully saturated rings. The SMILES string of the molecule is CCC(NC(=O)CCN1CCSC1=O)c1ccccc1OC. The summed E-state index contributed by atoms with van der Waals surface area (Å²) in [5, 5.41) is 3.11. The van der Waals surface area contributed by atoms with E-state index in [0.29, 0.717) is 13.0 Å². The zero-order valence-electron chi connectivity index (χ0n) is 13.0. The lowest BCUT2D eigenvalue weighted by Gasteiger charge is -2.21. The Labute approximate surface area is 135 Å². The average molecular weight is 322 g/mol. The molecule has 0 aliphatic carbocycles. The fourth-order valence-corrected chi connectivity index (χ4v) is 3.34. The van der Waals surface area contributed by atoms with Crippen LogP contribution in [0.15, 0.2) is 24.3 Å². The summed E-state index contributed by atoms with van der Waals surface area (Å²) in [5.41, 5.74) is 0.980. The number of ether oxygens (including phenoxy) is 1. The highest BCUT2D eigenvalue weighted by Crippen LogP contribution is 2.26. The molecule has 0 spiro atoms. The fraction of sp³-hybridized carbons (Fsp3) is 0.500. The van der Waals surface area contributed by atoms with Gasteiger partial charge in [0.1, 0.15) is 5.75 Å². The third-order valence-corrected chi connectivity index (χ3v) is 4.60. The summed E-state index contributed by atoms with van der Waals surface area (Å²) in [6.45, 7) is 3.25. The number of rotatable bonds is 7. The number of amides is 2. The molecule has 0 bridgehead atoms. The van der Waals surface area contributed by atoms with Crippen LogP contribution in [0, 0.1) is 0 Å². The highest BCUT2D eigenvalue weighted by atomic mass is 32.2. The van der Waals surface area contributed by atoms with Gasteiger partial charge in [0.15, 0.2) is 0 Å². The number of thioether (sulfide) groups is 1. The minimum Gasteiger partial charge on any atom is -0.496 e. The van der Waals surface area contributed by atoms with Crippen molar-refractivity contribution < 1.29 is 14.3 Å². The van der Waals surface area contributed by atoms with Gasteiger partial charge in [-0.2, -0.15) is 0 Å². The second kappa shape index (κ2) is 8.08. The monoisotopic (exact) mass is 322 g/mol. The zero-order valence-corrected chi connectivity index (χ0v) is 13.8. The van der Waals surface area contributed by atoms with Gasteiger partial charge in [0.05, 0.1) is 13.2 Å². The van der Waals surface area contributed by atoms with Crippen LogP contribution in [0.3, 0.4) is 0 Å². The molecule has 1 aliphatic rings. The molecule has 6 heteroatoms. The maximum atomic E-state index is 12.2. The van der Waals surface area contributed by atoms with E-state index in [0.717, 1.165) is 30.0 Å². The third-order valence-electron chi connectivity index (χ3n) is 3.71. The Kier molecular flexibility index (Phi) is 6.12. The Hall–Kier alpha value is -1.69. The van der Waals surface area contributed by atoms with E-state index in [4.69, 9.17) is 4.74 Å². The predicted octanol–water partition coefficient (Wildman–Crippen LogP) is 2.82. The first kappa shape index (κ1) is 16.7. The summed E-state index contributed by atoms with van der Waals surface area (Å²) in [6, 6.07) is 7.63. The van der Waals surface area contributed by atoms with Gasteiger partial charge in [-0.05, 0) is 12.5 Å². The number of nitrogens with zero attached hydrogens (tertiary/aromatic N) is 1. The van der Waals surface area contributed by atoms with E-state index in [2.05, 4.69) is 5.32 Å². The molecule has 0 radical (unpaired) electrons. The molecule has 1 heterocycles. The second-order valence-corrected chi connectivity index (χ2v) is 6.17. The molecule has 1 N–H and O–H groups in total. The topological polar surface area (TPSA) is 58.6 Å². The van der Waals surface area contributed by atoms with Crippen LogP contribution in [0.25, 0.3) is 0 Å². The van der Waals surface area contributed by atoms with Crippen molar-refractivity contribution in [3.8, 4) is 5.75 Å². The van der Waals surface area contributed by atoms with E-state index in [1.165, 1.54) is 11.8 Å². The predicted molar refractivity (Wildman–Crippen MR) is 88.2 cm³/mol. The normalized spacial score (nSPS) is 15.7. The first-order valence-electron chi connectivity index (χ1n) is 7.49. The van der Waals surface area contributed by atoms with Gasteiger partial charge in [0, 0.05) is 30.8 Å². The Morgan fingerprint density at radius 1 is 1.45 bits per heavy atom. The minimum atomic E-state index is -0.0766.